The van der Waals surface area contributed by atoms with Gasteiger partial charge in [0.1, 0.15) is 0 Å². The molecule has 0 saturated carbocycles. The molecule has 0 amide bonds. The first-order valence-corrected chi connectivity index (χ1v) is 6.55. The SMILES string of the molecule is Cc1cccc2cnc(-c3ccc(Br)s3)n12. The Morgan fingerprint density at radius 1 is 1.25 bits per heavy atom. The molecule has 3 aromatic heterocycles. The number of halogens is 1. The summed E-state index contributed by atoms with van der Waals surface area (Å²) in [6, 6.07) is 10.4. The molecule has 0 radical (unpaired) electrons. The summed E-state index contributed by atoms with van der Waals surface area (Å²) < 4.78 is 3.31. The molecule has 3 aromatic rings. The summed E-state index contributed by atoms with van der Waals surface area (Å²) >= 11 is 5.18. The van der Waals surface area contributed by atoms with E-state index in [4.69, 9.17) is 0 Å². The first-order valence-electron chi connectivity index (χ1n) is 4.94. The maximum atomic E-state index is 4.49. The van der Waals surface area contributed by atoms with Crippen LogP contribution in [0.25, 0.3) is 16.2 Å². The molecule has 3 rings (SSSR count). The third kappa shape index (κ3) is 1.49. The molecule has 0 aliphatic heterocycles. The number of hydrogen-bond donors (Lipinski definition) is 0. The summed E-state index contributed by atoms with van der Waals surface area (Å²) in [7, 11) is 0. The Kier molecular flexibility index (Phi) is 2.33. The van der Waals surface area contributed by atoms with E-state index in [1.54, 1.807) is 11.3 Å². The van der Waals surface area contributed by atoms with E-state index in [0.717, 1.165) is 15.1 Å². The van der Waals surface area contributed by atoms with Crippen molar-refractivity contribution in [1.29, 1.82) is 0 Å². The fourth-order valence-electron chi connectivity index (χ4n) is 1.82. The highest BCUT2D eigenvalue weighted by Gasteiger charge is 2.09. The summed E-state index contributed by atoms with van der Waals surface area (Å²) in [5.41, 5.74) is 2.34. The van der Waals surface area contributed by atoms with Gasteiger partial charge >= 0.3 is 0 Å². The summed E-state index contributed by atoms with van der Waals surface area (Å²) in [5.74, 6) is 1.02. The topological polar surface area (TPSA) is 17.3 Å². The van der Waals surface area contributed by atoms with Gasteiger partial charge in [0.2, 0.25) is 0 Å². The minimum atomic E-state index is 1.02. The summed E-state index contributed by atoms with van der Waals surface area (Å²) in [4.78, 5) is 5.67. The van der Waals surface area contributed by atoms with E-state index >= 15 is 0 Å². The molecule has 80 valence electrons. The number of nitrogens with zero attached hydrogens (tertiary/aromatic N) is 2. The van der Waals surface area contributed by atoms with Crippen LogP contribution in [0.5, 0.6) is 0 Å². The van der Waals surface area contributed by atoms with Crippen LogP contribution in [-0.4, -0.2) is 9.38 Å². The van der Waals surface area contributed by atoms with E-state index in [0.29, 0.717) is 0 Å². The average molecular weight is 293 g/mol. The number of hydrogen-bond acceptors (Lipinski definition) is 2. The van der Waals surface area contributed by atoms with Gasteiger partial charge in [-0.15, -0.1) is 11.3 Å². The second-order valence-corrected chi connectivity index (χ2v) is 6.08. The van der Waals surface area contributed by atoms with Crippen molar-refractivity contribution in [2.24, 2.45) is 0 Å². The van der Waals surface area contributed by atoms with E-state index in [-0.39, 0.29) is 0 Å². The summed E-state index contributed by atoms with van der Waals surface area (Å²) in [6.45, 7) is 2.10. The Bertz CT molecular complexity index is 654. The Morgan fingerprint density at radius 2 is 2.12 bits per heavy atom. The van der Waals surface area contributed by atoms with Crippen LogP contribution in [0.1, 0.15) is 5.69 Å². The lowest BCUT2D eigenvalue weighted by Gasteiger charge is -2.02. The molecular formula is C12H9BrN2S. The number of imidazole rings is 1. The highest BCUT2D eigenvalue weighted by atomic mass is 79.9. The van der Waals surface area contributed by atoms with E-state index in [1.807, 2.05) is 6.20 Å². The van der Waals surface area contributed by atoms with Gasteiger partial charge in [0.15, 0.2) is 5.82 Å². The molecular weight excluding hydrogens is 284 g/mol. The molecule has 0 aliphatic carbocycles. The van der Waals surface area contributed by atoms with Crippen molar-refractivity contribution in [2.75, 3.05) is 0 Å². The quantitative estimate of drug-likeness (QED) is 0.659. The van der Waals surface area contributed by atoms with Crippen molar-refractivity contribution < 1.29 is 0 Å². The zero-order chi connectivity index (χ0) is 11.1. The van der Waals surface area contributed by atoms with Gasteiger partial charge in [-0.3, -0.25) is 4.40 Å². The number of thiophene rings is 1. The lowest BCUT2D eigenvalue weighted by Crippen LogP contribution is -1.92. The fraction of sp³-hybridized carbons (Fsp3) is 0.0833. The third-order valence-corrected chi connectivity index (χ3v) is 4.16. The molecule has 0 fully saturated rings. The highest BCUT2D eigenvalue weighted by Crippen LogP contribution is 2.31. The highest BCUT2D eigenvalue weighted by molar-refractivity contribution is 9.11. The van der Waals surface area contributed by atoms with Crippen LogP contribution >= 0.6 is 27.3 Å². The molecule has 16 heavy (non-hydrogen) atoms. The molecule has 0 atom stereocenters. The van der Waals surface area contributed by atoms with Crippen LogP contribution in [0.15, 0.2) is 40.3 Å². The monoisotopic (exact) mass is 292 g/mol. The number of aromatic nitrogens is 2. The van der Waals surface area contributed by atoms with Crippen molar-refractivity contribution in [3.8, 4) is 10.7 Å². The normalized spacial score (nSPS) is 11.1. The van der Waals surface area contributed by atoms with Crippen molar-refractivity contribution >= 4 is 32.8 Å². The second kappa shape index (κ2) is 3.71. The molecule has 0 aliphatic rings. The number of pyridine rings is 1. The maximum absolute atomic E-state index is 4.49. The van der Waals surface area contributed by atoms with Gasteiger partial charge in [0.05, 0.1) is 20.4 Å². The predicted molar refractivity (Wildman–Crippen MR) is 70.9 cm³/mol. The number of rotatable bonds is 1. The van der Waals surface area contributed by atoms with Crippen molar-refractivity contribution in [3.05, 3.63) is 46.0 Å². The largest absolute Gasteiger partial charge is 0.296 e. The van der Waals surface area contributed by atoms with Crippen LogP contribution in [0.4, 0.5) is 0 Å². The van der Waals surface area contributed by atoms with E-state index in [1.165, 1.54) is 10.6 Å². The summed E-state index contributed by atoms with van der Waals surface area (Å²) in [5, 5.41) is 0. The van der Waals surface area contributed by atoms with Crippen LogP contribution in [0, 0.1) is 6.92 Å². The fourth-order valence-corrected chi connectivity index (χ4v) is 3.19. The molecule has 0 N–H and O–H groups in total. The smallest absolute Gasteiger partial charge is 0.154 e. The molecule has 0 bridgehead atoms. The van der Waals surface area contributed by atoms with Crippen LogP contribution in [0.3, 0.4) is 0 Å². The third-order valence-electron chi connectivity index (χ3n) is 2.54. The van der Waals surface area contributed by atoms with Crippen molar-refractivity contribution in [2.45, 2.75) is 6.92 Å². The van der Waals surface area contributed by atoms with Gasteiger partial charge in [0.25, 0.3) is 0 Å². The van der Waals surface area contributed by atoms with Gasteiger partial charge in [-0.1, -0.05) is 6.07 Å². The van der Waals surface area contributed by atoms with Gasteiger partial charge in [-0.2, -0.15) is 0 Å². The maximum Gasteiger partial charge on any atom is 0.154 e. The molecule has 0 aromatic carbocycles. The minimum Gasteiger partial charge on any atom is -0.296 e. The second-order valence-electron chi connectivity index (χ2n) is 3.61. The Balaban J connectivity index is 2.32. The lowest BCUT2D eigenvalue weighted by molar-refractivity contribution is 1.09. The zero-order valence-electron chi connectivity index (χ0n) is 8.64. The van der Waals surface area contributed by atoms with E-state index < -0.39 is 0 Å². The zero-order valence-corrected chi connectivity index (χ0v) is 11.0. The molecule has 4 heteroatoms. The Hall–Kier alpha value is -1.13. The molecule has 3 heterocycles. The standard InChI is InChI=1S/C12H9BrN2S/c1-8-3-2-4-9-7-14-12(15(8)9)10-5-6-11(13)16-10/h2-7H,1H3. The van der Waals surface area contributed by atoms with Crippen LogP contribution in [0.2, 0.25) is 0 Å². The van der Waals surface area contributed by atoms with Crippen LogP contribution < -0.4 is 0 Å². The number of aryl methyl sites for hydroxylation is 1. The first kappa shape index (κ1) is 10.1. The first-order chi connectivity index (χ1) is 7.75. The average Bonchev–Trinajstić information content (AvgIpc) is 2.84. The molecule has 2 nitrogen and oxygen atoms in total. The Labute approximate surface area is 106 Å². The molecule has 0 unspecified atom stereocenters. The lowest BCUT2D eigenvalue weighted by atomic mass is 10.3. The van der Waals surface area contributed by atoms with E-state index in [9.17, 15) is 0 Å². The van der Waals surface area contributed by atoms with Gasteiger partial charge in [-0.25, -0.2) is 4.98 Å². The van der Waals surface area contributed by atoms with Crippen molar-refractivity contribution in [1.82, 2.24) is 9.38 Å². The Morgan fingerprint density at radius 3 is 2.88 bits per heavy atom. The van der Waals surface area contributed by atoms with Gasteiger partial charge in [0, 0.05) is 5.69 Å². The minimum absolute atomic E-state index is 1.02. The molecule has 0 spiro atoms. The predicted octanol–water partition coefficient (Wildman–Crippen LogP) is 4.13. The van der Waals surface area contributed by atoms with Gasteiger partial charge < -0.3 is 0 Å². The summed E-state index contributed by atoms with van der Waals surface area (Å²) in [6.07, 6.45) is 1.91. The van der Waals surface area contributed by atoms with Gasteiger partial charge in [-0.05, 0) is 47.1 Å². The number of fused-ring (bicyclic) bond motifs is 1. The molecule has 0 saturated heterocycles. The van der Waals surface area contributed by atoms with E-state index in [2.05, 4.69) is 62.6 Å². The van der Waals surface area contributed by atoms with Crippen molar-refractivity contribution in [3.63, 3.8) is 0 Å². The van der Waals surface area contributed by atoms with Crippen LogP contribution in [-0.2, 0) is 0 Å².